The van der Waals surface area contributed by atoms with Crippen LogP contribution in [0.5, 0.6) is 0 Å². The number of nitro groups is 1. The van der Waals surface area contributed by atoms with Gasteiger partial charge in [0.2, 0.25) is 0 Å². The highest BCUT2D eigenvalue weighted by Crippen LogP contribution is 2.22. The fraction of sp³-hybridized carbons (Fsp3) is 0.300. The van der Waals surface area contributed by atoms with Crippen LogP contribution >= 0.6 is 12.2 Å². The second kappa shape index (κ2) is 4.96. The molecule has 0 aromatic heterocycles. The third-order valence-corrected chi connectivity index (χ3v) is 2.54. The second-order valence-corrected chi connectivity index (χ2v) is 4.18. The van der Waals surface area contributed by atoms with E-state index < -0.39 is 4.92 Å². The van der Waals surface area contributed by atoms with Crippen LogP contribution < -0.4 is 16.2 Å². The van der Waals surface area contributed by atoms with Gasteiger partial charge in [-0.3, -0.25) is 21.0 Å². The lowest BCUT2D eigenvalue weighted by atomic mass is 10.3. The first-order valence-electron chi connectivity index (χ1n) is 5.23. The van der Waals surface area contributed by atoms with Crippen LogP contribution in [-0.2, 0) is 0 Å². The van der Waals surface area contributed by atoms with Gasteiger partial charge in [-0.15, -0.1) is 0 Å². The van der Waals surface area contributed by atoms with E-state index in [0.717, 1.165) is 12.8 Å². The van der Waals surface area contributed by atoms with Crippen molar-refractivity contribution in [3.63, 3.8) is 0 Å². The van der Waals surface area contributed by atoms with E-state index >= 15 is 0 Å². The maximum atomic E-state index is 10.7. The van der Waals surface area contributed by atoms with Gasteiger partial charge in [-0.1, -0.05) is 12.1 Å². The summed E-state index contributed by atoms with van der Waals surface area (Å²) in [5, 5.41) is 14.3. The van der Waals surface area contributed by atoms with Crippen LogP contribution in [0.1, 0.15) is 12.8 Å². The highest BCUT2D eigenvalue weighted by molar-refractivity contribution is 7.80. The Kier molecular flexibility index (Phi) is 3.38. The second-order valence-electron chi connectivity index (χ2n) is 3.77. The fourth-order valence-corrected chi connectivity index (χ4v) is 1.53. The molecule has 0 unspecified atom stereocenters. The summed E-state index contributed by atoms with van der Waals surface area (Å²) >= 11 is 5.02. The quantitative estimate of drug-likeness (QED) is 0.428. The van der Waals surface area contributed by atoms with Gasteiger partial charge in [0.25, 0.3) is 5.69 Å². The van der Waals surface area contributed by atoms with Crippen molar-refractivity contribution in [2.24, 2.45) is 0 Å². The van der Waals surface area contributed by atoms with Gasteiger partial charge in [-0.05, 0) is 31.1 Å². The smallest absolute Gasteiger partial charge is 0.294 e. The maximum Gasteiger partial charge on any atom is 0.294 e. The number of thiocarbonyl (C=S) groups is 1. The molecular formula is C10H12N4O2S. The minimum atomic E-state index is -0.443. The Bertz CT molecular complexity index is 448. The van der Waals surface area contributed by atoms with Crippen molar-refractivity contribution >= 4 is 28.7 Å². The summed E-state index contributed by atoms with van der Waals surface area (Å²) in [6.45, 7) is 0. The monoisotopic (exact) mass is 252 g/mol. The molecule has 1 saturated carbocycles. The largest absolute Gasteiger partial charge is 0.359 e. The molecule has 0 atom stereocenters. The Labute approximate surface area is 104 Å². The highest BCUT2D eigenvalue weighted by Gasteiger charge is 2.21. The number of para-hydroxylation sites is 2. The number of rotatable bonds is 4. The molecule has 1 aliphatic rings. The van der Waals surface area contributed by atoms with Crippen LogP contribution in [-0.4, -0.2) is 16.1 Å². The fourth-order valence-electron chi connectivity index (χ4n) is 1.31. The van der Waals surface area contributed by atoms with Crippen molar-refractivity contribution < 1.29 is 4.92 Å². The van der Waals surface area contributed by atoms with E-state index in [1.165, 1.54) is 6.07 Å². The predicted octanol–water partition coefficient (Wildman–Crippen LogP) is 1.55. The maximum absolute atomic E-state index is 10.7. The van der Waals surface area contributed by atoms with E-state index in [9.17, 15) is 10.1 Å². The van der Waals surface area contributed by atoms with E-state index in [-0.39, 0.29) is 5.69 Å². The predicted molar refractivity (Wildman–Crippen MR) is 68.6 cm³/mol. The number of anilines is 1. The van der Waals surface area contributed by atoms with Gasteiger partial charge in [0.15, 0.2) is 5.11 Å². The van der Waals surface area contributed by atoms with Crippen LogP contribution in [0.2, 0.25) is 0 Å². The van der Waals surface area contributed by atoms with Crippen molar-refractivity contribution in [2.45, 2.75) is 18.9 Å². The van der Waals surface area contributed by atoms with E-state index in [1.54, 1.807) is 18.2 Å². The van der Waals surface area contributed by atoms with Gasteiger partial charge in [-0.2, -0.15) is 0 Å². The first kappa shape index (κ1) is 11.6. The topological polar surface area (TPSA) is 79.2 Å². The van der Waals surface area contributed by atoms with Gasteiger partial charge in [0.05, 0.1) is 4.92 Å². The number of hydrogen-bond donors (Lipinski definition) is 3. The van der Waals surface area contributed by atoms with Crippen molar-refractivity contribution in [1.82, 2.24) is 10.7 Å². The molecule has 1 aliphatic carbocycles. The molecule has 6 nitrogen and oxygen atoms in total. The zero-order valence-corrected chi connectivity index (χ0v) is 9.79. The summed E-state index contributed by atoms with van der Waals surface area (Å²) in [4.78, 5) is 10.3. The third kappa shape index (κ3) is 3.28. The molecule has 0 bridgehead atoms. The molecule has 0 aliphatic heterocycles. The lowest BCUT2D eigenvalue weighted by Crippen LogP contribution is -2.39. The first-order chi connectivity index (χ1) is 8.16. The van der Waals surface area contributed by atoms with Crippen LogP contribution in [0.15, 0.2) is 24.3 Å². The summed E-state index contributed by atoms with van der Waals surface area (Å²) in [6, 6.07) is 6.83. The molecule has 0 radical (unpaired) electrons. The zero-order chi connectivity index (χ0) is 12.3. The van der Waals surface area contributed by atoms with E-state index in [2.05, 4.69) is 16.2 Å². The van der Waals surface area contributed by atoms with E-state index in [0.29, 0.717) is 16.8 Å². The Hall–Kier alpha value is -1.89. The Balaban J connectivity index is 1.93. The summed E-state index contributed by atoms with van der Waals surface area (Å²) in [5.41, 5.74) is 5.86. The molecule has 0 spiro atoms. The van der Waals surface area contributed by atoms with Crippen LogP contribution in [0, 0.1) is 10.1 Å². The zero-order valence-electron chi connectivity index (χ0n) is 8.97. The van der Waals surface area contributed by atoms with Gasteiger partial charge >= 0.3 is 0 Å². The molecule has 0 amide bonds. The minimum absolute atomic E-state index is 0.00854. The molecular weight excluding hydrogens is 240 g/mol. The van der Waals surface area contributed by atoms with Crippen molar-refractivity contribution in [1.29, 1.82) is 0 Å². The molecule has 1 fully saturated rings. The van der Waals surface area contributed by atoms with Crippen molar-refractivity contribution in [3.8, 4) is 0 Å². The molecule has 2 rings (SSSR count). The average Bonchev–Trinajstić information content (AvgIpc) is 3.10. The lowest BCUT2D eigenvalue weighted by Gasteiger charge is -2.11. The Morgan fingerprint density at radius 1 is 1.41 bits per heavy atom. The average molecular weight is 252 g/mol. The third-order valence-electron chi connectivity index (χ3n) is 2.32. The van der Waals surface area contributed by atoms with Gasteiger partial charge in [0.1, 0.15) is 5.69 Å². The molecule has 90 valence electrons. The molecule has 1 aromatic carbocycles. The summed E-state index contributed by atoms with van der Waals surface area (Å²) in [5.74, 6) is 0. The van der Waals surface area contributed by atoms with E-state index in [1.807, 2.05) is 0 Å². The number of hydrazine groups is 1. The number of nitrogens with zero attached hydrogens (tertiary/aromatic N) is 1. The van der Waals surface area contributed by atoms with Gasteiger partial charge in [-0.25, -0.2) is 0 Å². The summed E-state index contributed by atoms with van der Waals surface area (Å²) < 4.78 is 0. The Morgan fingerprint density at radius 3 is 2.76 bits per heavy atom. The number of nitro benzene ring substituents is 1. The molecule has 3 N–H and O–H groups in total. The molecule has 1 aromatic rings. The molecule has 0 heterocycles. The van der Waals surface area contributed by atoms with Crippen molar-refractivity contribution in [2.75, 3.05) is 5.43 Å². The first-order valence-corrected chi connectivity index (χ1v) is 5.63. The molecule has 17 heavy (non-hydrogen) atoms. The van der Waals surface area contributed by atoms with Crippen LogP contribution in [0.4, 0.5) is 11.4 Å². The van der Waals surface area contributed by atoms with E-state index in [4.69, 9.17) is 12.2 Å². The van der Waals surface area contributed by atoms with Crippen LogP contribution in [0.25, 0.3) is 0 Å². The van der Waals surface area contributed by atoms with Gasteiger partial charge < -0.3 is 5.32 Å². The summed E-state index contributed by atoms with van der Waals surface area (Å²) in [7, 11) is 0. The minimum Gasteiger partial charge on any atom is -0.359 e. The number of nitrogens with one attached hydrogen (secondary N) is 3. The lowest BCUT2D eigenvalue weighted by molar-refractivity contribution is -0.384. The SMILES string of the molecule is O=[N+]([O-])c1ccccc1NNC(=S)NC1CC1. The molecule has 7 heteroatoms. The van der Waals surface area contributed by atoms with Gasteiger partial charge in [0, 0.05) is 12.1 Å². The normalized spacial score (nSPS) is 13.9. The highest BCUT2D eigenvalue weighted by atomic mass is 32.1. The van der Waals surface area contributed by atoms with Crippen molar-refractivity contribution in [3.05, 3.63) is 34.4 Å². The summed E-state index contributed by atoms with van der Waals surface area (Å²) in [6.07, 6.45) is 2.24. The standard InChI is InChI=1S/C10H12N4O2S/c15-14(16)9-4-2-1-3-8(9)12-13-10(17)11-7-5-6-7/h1-4,7,12H,5-6H2,(H2,11,13,17). The molecule has 0 saturated heterocycles. The number of benzene rings is 1. The Morgan fingerprint density at radius 2 is 2.12 bits per heavy atom. The number of hydrogen-bond acceptors (Lipinski definition) is 4. The van der Waals surface area contributed by atoms with Crippen LogP contribution in [0.3, 0.4) is 0 Å².